The molecule has 0 fully saturated rings. The highest BCUT2D eigenvalue weighted by Gasteiger charge is 2.11. The number of benzene rings is 1. The predicted molar refractivity (Wildman–Crippen MR) is 66.7 cm³/mol. The zero-order valence-corrected chi connectivity index (χ0v) is 9.53. The summed E-state index contributed by atoms with van der Waals surface area (Å²) in [6.07, 6.45) is 1.16. The summed E-state index contributed by atoms with van der Waals surface area (Å²) in [5, 5.41) is 5.55. The second kappa shape index (κ2) is 3.38. The molecule has 1 aromatic heterocycles. The maximum atomic E-state index is 3.39. The summed E-state index contributed by atoms with van der Waals surface area (Å²) >= 11 is 1.83. The number of hydrogen-bond acceptors (Lipinski definition) is 2. The van der Waals surface area contributed by atoms with E-state index < -0.39 is 0 Å². The summed E-state index contributed by atoms with van der Waals surface area (Å²) in [6, 6.07) is 8.94. The third kappa shape index (κ3) is 1.45. The summed E-state index contributed by atoms with van der Waals surface area (Å²) in [5.74, 6) is 0. The molecule has 1 N–H and O–H groups in total. The second-order valence-electron chi connectivity index (χ2n) is 3.98. The van der Waals surface area contributed by atoms with Crippen LogP contribution in [-0.2, 0) is 6.42 Å². The number of hydrogen-bond donors (Lipinski definition) is 1. The van der Waals surface area contributed by atoms with Gasteiger partial charge in [-0.05, 0) is 53.6 Å². The fourth-order valence-electron chi connectivity index (χ4n) is 2.11. The Bertz CT molecular complexity index is 499. The normalized spacial score (nSPS) is 13.7. The molecule has 0 saturated carbocycles. The molecule has 15 heavy (non-hydrogen) atoms. The van der Waals surface area contributed by atoms with E-state index in [9.17, 15) is 0 Å². The van der Waals surface area contributed by atoms with Crippen LogP contribution in [0.3, 0.4) is 0 Å². The lowest BCUT2D eigenvalue weighted by Crippen LogP contribution is -1.90. The largest absolute Gasteiger partial charge is 0.384 e. The molecular formula is C13H13NS. The maximum absolute atomic E-state index is 3.39. The van der Waals surface area contributed by atoms with Crippen LogP contribution in [0, 0.1) is 6.92 Å². The van der Waals surface area contributed by atoms with Crippen LogP contribution in [0.5, 0.6) is 0 Å². The first-order chi connectivity index (χ1) is 7.34. The van der Waals surface area contributed by atoms with E-state index >= 15 is 0 Å². The molecule has 0 atom stereocenters. The first-order valence-electron chi connectivity index (χ1n) is 5.26. The first kappa shape index (κ1) is 8.98. The minimum atomic E-state index is 1.09. The number of rotatable bonds is 1. The van der Waals surface area contributed by atoms with Crippen molar-refractivity contribution in [1.82, 2.24) is 0 Å². The number of aryl methyl sites for hydroxylation is 1. The number of thiophene rings is 1. The van der Waals surface area contributed by atoms with E-state index in [1.54, 1.807) is 0 Å². The monoisotopic (exact) mass is 215 g/mol. The van der Waals surface area contributed by atoms with Gasteiger partial charge in [0.15, 0.2) is 0 Å². The lowest BCUT2D eigenvalue weighted by Gasteiger charge is -2.04. The van der Waals surface area contributed by atoms with Gasteiger partial charge in [-0.15, -0.1) is 11.3 Å². The van der Waals surface area contributed by atoms with Crippen molar-refractivity contribution in [2.45, 2.75) is 13.3 Å². The van der Waals surface area contributed by atoms with Crippen molar-refractivity contribution in [3.05, 3.63) is 40.8 Å². The van der Waals surface area contributed by atoms with Crippen LogP contribution in [0.4, 0.5) is 5.69 Å². The maximum Gasteiger partial charge on any atom is 0.0373 e. The molecule has 2 heteroatoms. The fraction of sp³-hybridized carbons (Fsp3) is 0.231. The van der Waals surface area contributed by atoms with Crippen LogP contribution in [0.25, 0.3) is 10.4 Å². The van der Waals surface area contributed by atoms with Gasteiger partial charge in [0.05, 0.1) is 0 Å². The molecule has 2 aromatic rings. The van der Waals surface area contributed by atoms with E-state index in [0.29, 0.717) is 0 Å². The van der Waals surface area contributed by atoms with Crippen molar-refractivity contribution < 1.29 is 0 Å². The van der Waals surface area contributed by atoms with Crippen LogP contribution < -0.4 is 5.32 Å². The highest BCUT2D eigenvalue weighted by Crippen LogP contribution is 2.33. The Morgan fingerprint density at radius 3 is 3.00 bits per heavy atom. The lowest BCUT2D eigenvalue weighted by molar-refractivity contribution is 1.11. The summed E-state index contributed by atoms with van der Waals surface area (Å²) in [6.45, 7) is 3.26. The molecule has 0 spiro atoms. The molecule has 2 heterocycles. The molecule has 1 nitrogen and oxygen atoms in total. The Morgan fingerprint density at radius 2 is 2.20 bits per heavy atom. The van der Waals surface area contributed by atoms with Crippen molar-refractivity contribution in [3.63, 3.8) is 0 Å². The molecule has 0 unspecified atom stereocenters. The van der Waals surface area contributed by atoms with Crippen molar-refractivity contribution in [3.8, 4) is 10.4 Å². The average Bonchev–Trinajstić information content (AvgIpc) is 2.84. The van der Waals surface area contributed by atoms with E-state index in [2.05, 4.69) is 41.9 Å². The molecule has 0 radical (unpaired) electrons. The van der Waals surface area contributed by atoms with Crippen molar-refractivity contribution >= 4 is 17.0 Å². The molecule has 1 aliphatic heterocycles. The van der Waals surface area contributed by atoms with Gasteiger partial charge in [-0.25, -0.2) is 0 Å². The van der Waals surface area contributed by atoms with Gasteiger partial charge < -0.3 is 5.32 Å². The standard InChI is InChI=1S/C13H13NS/c1-9-5-7-15-13(9)11-2-3-12-10(8-11)4-6-14-12/h2-3,5,7-8,14H,4,6H2,1H3. The van der Waals surface area contributed by atoms with E-state index in [0.717, 1.165) is 13.0 Å². The molecule has 3 rings (SSSR count). The zero-order chi connectivity index (χ0) is 10.3. The molecule has 76 valence electrons. The van der Waals surface area contributed by atoms with Gasteiger partial charge in [-0.3, -0.25) is 0 Å². The first-order valence-corrected chi connectivity index (χ1v) is 6.14. The van der Waals surface area contributed by atoms with E-state index in [-0.39, 0.29) is 0 Å². The summed E-state index contributed by atoms with van der Waals surface area (Å²) in [7, 11) is 0. The summed E-state index contributed by atoms with van der Waals surface area (Å²) < 4.78 is 0. The van der Waals surface area contributed by atoms with Gasteiger partial charge in [0.25, 0.3) is 0 Å². The Morgan fingerprint density at radius 1 is 1.27 bits per heavy atom. The molecule has 0 bridgehead atoms. The van der Waals surface area contributed by atoms with Crippen molar-refractivity contribution in [1.29, 1.82) is 0 Å². The van der Waals surface area contributed by atoms with E-state index in [1.165, 1.54) is 27.3 Å². The second-order valence-corrected chi connectivity index (χ2v) is 4.90. The number of nitrogens with one attached hydrogen (secondary N) is 1. The Labute approximate surface area is 93.8 Å². The van der Waals surface area contributed by atoms with E-state index in [1.807, 2.05) is 11.3 Å². The highest BCUT2D eigenvalue weighted by atomic mass is 32.1. The van der Waals surface area contributed by atoms with Crippen LogP contribution in [0.2, 0.25) is 0 Å². The molecule has 0 saturated heterocycles. The van der Waals surface area contributed by atoms with Crippen LogP contribution in [-0.4, -0.2) is 6.54 Å². The third-order valence-electron chi connectivity index (χ3n) is 2.94. The Hall–Kier alpha value is -1.28. The average molecular weight is 215 g/mol. The molecule has 1 aliphatic rings. The minimum absolute atomic E-state index is 1.09. The van der Waals surface area contributed by atoms with Gasteiger partial charge in [-0.1, -0.05) is 6.07 Å². The molecule has 1 aromatic carbocycles. The van der Waals surface area contributed by atoms with Gasteiger partial charge in [-0.2, -0.15) is 0 Å². The predicted octanol–water partition coefficient (Wildman–Crippen LogP) is 3.69. The summed E-state index contributed by atoms with van der Waals surface area (Å²) in [4.78, 5) is 1.41. The van der Waals surface area contributed by atoms with Crippen molar-refractivity contribution in [2.24, 2.45) is 0 Å². The number of anilines is 1. The van der Waals surface area contributed by atoms with Crippen LogP contribution in [0.15, 0.2) is 29.6 Å². The van der Waals surface area contributed by atoms with Gasteiger partial charge in [0, 0.05) is 17.1 Å². The zero-order valence-electron chi connectivity index (χ0n) is 8.71. The molecule has 0 amide bonds. The van der Waals surface area contributed by atoms with Crippen LogP contribution >= 0.6 is 11.3 Å². The van der Waals surface area contributed by atoms with E-state index in [4.69, 9.17) is 0 Å². The fourth-order valence-corrected chi connectivity index (χ4v) is 3.04. The van der Waals surface area contributed by atoms with Gasteiger partial charge in [0.1, 0.15) is 0 Å². The lowest BCUT2D eigenvalue weighted by atomic mass is 10.1. The SMILES string of the molecule is Cc1ccsc1-c1ccc2c(c1)CCN2. The van der Waals surface area contributed by atoms with Crippen molar-refractivity contribution in [2.75, 3.05) is 11.9 Å². The third-order valence-corrected chi connectivity index (χ3v) is 4.00. The summed E-state index contributed by atoms with van der Waals surface area (Å²) in [5.41, 5.74) is 5.52. The number of fused-ring (bicyclic) bond motifs is 1. The minimum Gasteiger partial charge on any atom is -0.384 e. The van der Waals surface area contributed by atoms with Gasteiger partial charge >= 0.3 is 0 Å². The Balaban J connectivity index is 2.11. The smallest absolute Gasteiger partial charge is 0.0373 e. The molecular weight excluding hydrogens is 202 g/mol. The molecule has 0 aliphatic carbocycles. The topological polar surface area (TPSA) is 12.0 Å². The quantitative estimate of drug-likeness (QED) is 0.765. The van der Waals surface area contributed by atoms with Gasteiger partial charge in [0.2, 0.25) is 0 Å². The highest BCUT2D eigenvalue weighted by molar-refractivity contribution is 7.13. The Kier molecular flexibility index (Phi) is 2.03. The van der Waals surface area contributed by atoms with Crippen LogP contribution in [0.1, 0.15) is 11.1 Å².